The van der Waals surface area contributed by atoms with Crippen LogP contribution in [0.4, 0.5) is 0 Å². The summed E-state index contributed by atoms with van der Waals surface area (Å²) in [6, 6.07) is 2.24. The van der Waals surface area contributed by atoms with Crippen molar-refractivity contribution in [3.8, 4) is 0 Å². The summed E-state index contributed by atoms with van der Waals surface area (Å²) in [5.41, 5.74) is 0.743. The molecule has 4 heterocycles. The summed E-state index contributed by atoms with van der Waals surface area (Å²) in [6.07, 6.45) is 2.39. The minimum atomic E-state index is 0.152. The molecule has 4 nitrogen and oxygen atoms in total. The molecule has 3 aliphatic heterocycles. The molecule has 1 aromatic rings. The Kier molecular flexibility index (Phi) is 3.13. The zero-order valence-electron chi connectivity index (χ0n) is 12.0. The van der Waals surface area contributed by atoms with Crippen LogP contribution in [0.2, 0.25) is 0 Å². The van der Waals surface area contributed by atoms with Crippen LogP contribution >= 0.6 is 0 Å². The number of hydrogen-bond donors (Lipinski definition) is 0. The van der Waals surface area contributed by atoms with Gasteiger partial charge in [0.1, 0.15) is 11.5 Å². The van der Waals surface area contributed by atoms with Gasteiger partial charge in [0, 0.05) is 25.7 Å². The Morgan fingerprint density at radius 1 is 1.26 bits per heavy atom. The lowest BCUT2D eigenvalue weighted by molar-refractivity contribution is 0.0585. The lowest BCUT2D eigenvalue weighted by Crippen LogP contribution is -2.47. The number of fused-ring (bicyclic) bond motifs is 4. The number of amides is 1. The molecule has 1 amide bonds. The average molecular weight is 262 g/mol. The quantitative estimate of drug-likeness (QED) is 0.777. The summed E-state index contributed by atoms with van der Waals surface area (Å²) in [5, 5.41) is 0. The van der Waals surface area contributed by atoms with E-state index in [4.69, 9.17) is 4.42 Å². The van der Waals surface area contributed by atoms with Crippen molar-refractivity contribution >= 4 is 5.91 Å². The van der Waals surface area contributed by atoms with Crippen molar-refractivity contribution < 1.29 is 9.21 Å². The smallest absolute Gasteiger partial charge is 0.257 e. The number of nitrogens with zero attached hydrogens (tertiary/aromatic N) is 2. The van der Waals surface area contributed by atoms with E-state index in [1.54, 1.807) is 0 Å². The third-order valence-corrected chi connectivity index (χ3v) is 4.43. The second-order valence-electron chi connectivity index (χ2n) is 6.10. The van der Waals surface area contributed by atoms with Gasteiger partial charge >= 0.3 is 0 Å². The SMILES string of the molecule is Cc1cc(C(=O)N2C[C@H]3CC[C@@H]2CN(C)C3)c(C)o1. The van der Waals surface area contributed by atoms with E-state index < -0.39 is 0 Å². The van der Waals surface area contributed by atoms with E-state index >= 15 is 0 Å². The van der Waals surface area contributed by atoms with Crippen molar-refractivity contribution in [1.82, 2.24) is 9.80 Å². The fourth-order valence-electron chi connectivity index (χ4n) is 3.56. The van der Waals surface area contributed by atoms with Gasteiger partial charge in [-0.05, 0) is 45.7 Å². The molecule has 0 spiro atoms. The Labute approximate surface area is 114 Å². The molecule has 2 bridgehead atoms. The highest BCUT2D eigenvalue weighted by Crippen LogP contribution is 2.29. The Morgan fingerprint density at radius 2 is 2.05 bits per heavy atom. The van der Waals surface area contributed by atoms with Crippen molar-refractivity contribution in [3.05, 3.63) is 23.2 Å². The highest BCUT2D eigenvalue weighted by atomic mass is 16.3. The fraction of sp³-hybridized carbons (Fsp3) is 0.667. The highest BCUT2D eigenvalue weighted by Gasteiger charge is 2.37. The normalized spacial score (nSPS) is 27.6. The number of likely N-dealkylation sites (N-methyl/N-ethyl adjacent to an activating group) is 1. The Balaban J connectivity index is 1.86. The van der Waals surface area contributed by atoms with Crippen LogP contribution in [0.1, 0.15) is 34.7 Å². The predicted molar refractivity (Wildman–Crippen MR) is 73.2 cm³/mol. The number of carbonyl (C=O) groups is 1. The van der Waals surface area contributed by atoms with Crippen LogP contribution < -0.4 is 0 Å². The molecule has 0 radical (unpaired) electrons. The Hall–Kier alpha value is -1.29. The summed E-state index contributed by atoms with van der Waals surface area (Å²) in [4.78, 5) is 17.2. The van der Waals surface area contributed by atoms with Crippen LogP contribution in [0.25, 0.3) is 0 Å². The summed E-state index contributed by atoms with van der Waals surface area (Å²) in [5.74, 6) is 2.34. The lowest BCUT2D eigenvalue weighted by atomic mass is 9.94. The van der Waals surface area contributed by atoms with Gasteiger partial charge in [-0.15, -0.1) is 0 Å². The maximum atomic E-state index is 12.7. The van der Waals surface area contributed by atoms with E-state index in [1.807, 2.05) is 19.9 Å². The largest absolute Gasteiger partial charge is 0.466 e. The van der Waals surface area contributed by atoms with E-state index in [0.29, 0.717) is 12.0 Å². The van der Waals surface area contributed by atoms with Crippen molar-refractivity contribution in [2.45, 2.75) is 32.7 Å². The molecule has 1 aromatic heterocycles. The van der Waals surface area contributed by atoms with Crippen molar-refractivity contribution in [2.75, 3.05) is 26.7 Å². The van der Waals surface area contributed by atoms with Gasteiger partial charge in [-0.2, -0.15) is 0 Å². The van der Waals surface area contributed by atoms with Crippen molar-refractivity contribution in [2.24, 2.45) is 5.92 Å². The van der Waals surface area contributed by atoms with Gasteiger partial charge in [0.05, 0.1) is 5.56 Å². The van der Waals surface area contributed by atoms with Gasteiger partial charge in [0.25, 0.3) is 5.91 Å². The minimum Gasteiger partial charge on any atom is -0.466 e. The van der Waals surface area contributed by atoms with Crippen LogP contribution in [0.15, 0.2) is 10.5 Å². The first kappa shape index (κ1) is 12.7. The summed E-state index contributed by atoms with van der Waals surface area (Å²) in [6.45, 7) is 6.79. The lowest BCUT2D eigenvalue weighted by Gasteiger charge is -2.36. The van der Waals surface area contributed by atoms with Crippen LogP contribution in [-0.4, -0.2) is 48.4 Å². The standard InChI is InChI=1S/C15H22N2O2/c1-10-6-14(11(2)19-10)15(18)17-8-12-4-5-13(17)9-16(3)7-12/h6,12-13H,4-5,7-9H2,1-3H3/t12-,13+/m0/s1. The molecular weight excluding hydrogens is 240 g/mol. The molecule has 3 aliphatic rings. The molecule has 0 aromatic carbocycles. The third-order valence-electron chi connectivity index (χ3n) is 4.43. The molecule has 4 rings (SSSR count). The molecule has 0 N–H and O–H groups in total. The van der Waals surface area contributed by atoms with Crippen molar-refractivity contribution in [3.63, 3.8) is 0 Å². The zero-order valence-corrected chi connectivity index (χ0v) is 12.0. The molecule has 0 saturated carbocycles. The van der Waals surface area contributed by atoms with Gasteiger partial charge in [-0.1, -0.05) is 0 Å². The van der Waals surface area contributed by atoms with E-state index in [1.165, 1.54) is 6.42 Å². The Bertz CT molecular complexity index is 494. The monoisotopic (exact) mass is 262 g/mol. The summed E-state index contributed by atoms with van der Waals surface area (Å²) < 4.78 is 5.50. The van der Waals surface area contributed by atoms with E-state index in [-0.39, 0.29) is 5.91 Å². The Morgan fingerprint density at radius 3 is 2.74 bits per heavy atom. The number of carbonyl (C=O) groups excluding carboxylic acids is 1. The number of hydrogen-bond acceptors (Lipinski definition) is 3. The molecular formula is C15H22N2O2. The first-order valence-electron chi connectivity index (χ1n) is 7.11. The van der Waals surface area contributed by atoms with Gasteiger partial charge in [-0.3, -0.25) is 4.79 Å². The first-order chi connectivity index (χ1) is 9.04. The van der Waals surface area contributed by atoms with Crippen molar-refractivity contribution in [1.29, 1.82) is 0 Å². The maximum Gasteiger partial charge on any atom is 0.257 e. The molecule has 4 heteroatoms. The topological polar surface area (TPSA) is 36.7 Å². The van der Waals surface area contributed by atoms with E-state index in [9.17, 15) is 4.79 Å². The molecule has 2 atom stereocenters. The second kappa shape index (κ2) is 4.67. The van der Waals surface area contributed by atoms with Gasteiger partial charge in [0.15, 0.2) is 0 Å². The average Bonchev–Trinajstić information content (AvgIpc) is 2.52. The molecule has 0 unspecified atom stereocenters. The van der Waals surface area contributed by atoms with Crippen LogP contribution in [0.5, 0.6) is 0 Å². The number of piperidine rings is 1. The van der Waals surface area contributed by atoms with Crippen LogP contribution in [0.3, 0.4) is 0 Å². The maximum absolute atomic E-state index is 12.7. The molecule has 3 saturated heterocycles. The number of aryl methyl sites for hydroxylation is 2. The zero-order chi connectivity index (χ0) is 13.6. The van der Waals surface area contributed by atoms with Gasteiger partial charge in [0.2, 0.25) is 0 Å². The minimum absolute atomic E-state index is 0.152. The molecule has 3 fully saturated rings. The first-order valence-corrected chi connectivity index (χ1v) is 7.11. The number of furan rings is 1. The van der Waals surface area contributed by atoms with E-state index in [0.717, 1.165) is 43.1 Å². The number of rotatable bonds is 1. The van der Waals surface area contributed by atoms with Gasteiger partial charge in [-0.25, -0.2) is 0 Å². The second-order valence-corrected chi connectivity index (χ2v) is 6.10. The predicted octanol–water partition coefficient (Wildman–Crippen LogP) is 2.06. The molecule has 19 heavy (non-hydrogen) atoms. The molecule has 0 aliphatic carbocycles. The van der Waals surface area contributed by atoms with Crippen LogP contribution in [0, 0.1) is 19.8 Å². The van der Waals surface area contributed by atoms with Crippen LogP contribution in [-0.2, 0) is 0 Å². The third kappa shape index (κ3) is 2.29. The molecule has 104 valence electrons. The summed E-state index contributed by atoms with van der Waals surface area (Å²) >= 11 is 0. The summed E-state index contributed by atoms with van der Waals surface area (Å²) in [7, 11) is 2.16. The van der Waals surface area contributed by atoms with E-state index in [2.05, 4.69) is 16.8 Å². The highest BCUT2D eigenvalue weighted by molar-refractivity contribution is 5.95. The van der Waals surface area contributed by atoms with Gasteiger partial charge < -0.3 is 14.2 Å². The fourth-order valence-corrected chi connectivity index (χ4v) is 3.56.